The molecule has 2 aromatic rings. The summed E-state index contributed by atoms with van der Waals surface area (Å²) >= 11 is 6.19. The summed E-state index contributed by atoms with van der Waals surface area (Å²) in [7, 11) is 6.53. The maximum absolute atomic E-state index is 9.50. The van der Waals surface area contributed by atoms with Gasteiger partial charge in [-0.25, -0.2) is 0 Å². The van der Waals surface area contributed by atoms with Crippen molar-refractivity contribution >= 4 is 35.1 Å². The van der Waals surface area contributed by atoms with Gasteiger partial charge in [0.1, 0.15) is 6.07 Å². The fourth-order valence-corrected chi connectivity index (χ4v) is 2.33. The molecule has 9 heteroatoms. The Balaban J connectivity index is 2.55. The van der Waals surface area contributed by atoms with Crippen molar-refractivity contribution in [2.45, 2.75) is 0 Å². The number of aromatic nitrogens is 3. The average Bonchev–Trinajstić information content (AvgIpc) is 2.58. The van der Waals surface area contributed by atoms with Gasteiger partial charge >= 0.3 is 0 Å². The molecule has 0 fully saturated rings. The van der Waals surface area contributed by atoms with E-state index in [1.165, 1.54) is 14.2 Å². The number of ether oxygens (including phenoxy) is 2. The number of allylic oxidation sites excluding steroid dienone is 1. The van der Waals surface area contributed by atoms with Crippen LogP contribution in [0.25, 0.3) is 11.6 Å². The summed E-state index contributed by atoms with van der Waals surface area (Å²) in [6.07, 6.45) is 1.59. The van der Waals surface area contributed by atoms with Gasteiger partial charge in [-0.1, -0.05) is 11.6 Å². The first kappa shape index (κ1) is 18.3. The first-order valence-corrected chi connectivity index (χ1v) is 7.50. The molecule has 2 rings (SSSR count). The number of nitrogens with two attached hydrogens (primary N) is 1. The van der Waals surface area contributed by atoms with Crippen molar-refractivity contribution in [2.75, 3.05) is 38.9 Å². The topological polar surface area (TPSA) is 110 Å². The van der Waals surface area contributed by atoms with Crippen LogP contribution in [0.5, 0.6) is 11.5 Å². The van der Waals surface area contributed by atoms with Crippen LogP contribution in [0.3, 0.4) is 0 Å². The lowest BCUT2D eigenvalue weighted by Gasteiger charge is -2.12. The second kappa shape index (κ2) is 7.68. The highest BCUT2D eigenvalue weighted by atomic mass is 35.5. The molecule has 130 valence electrons. The Kier molecular flexibility index (Phi) is 5.62. The van der Waals surface area contributed by atoms with Crippen LogP contribution in [-0.2, 0) is 0 Å². The Morgan fingerprint density at radius 2 is 1.96 bits per heavy atom. The predicted octanol–water partition coefficient (Wildman–Crippen LogP) is 2.25. The molecule has 0 atom stereocenters. The van der Waals surface area contributed by atoms with Crippen LogP contribution in [0, 0.1) is 11.3 Å². The highest BCUT2D eigenvalue weighted by Gasteiger charge is 2.13. The fraction of sp³-hybridized carbons (Fsp3) is 0.250. The van der Waals surface area contributed by atoms with Crippen LogP contribution >= 0.6 is 11.6 Å². The van der Waals surface area contributed by atoms with Gasteiger partial charge in [-0.15, -0.1) is 0 Å². The maximum atomic E-state index is 9.50. The number of anilines is 2. The summed E-state index contributed by atoms with van der Waals surface area (Å²) in [4.78, 5) is 14.0. The third-order valence-electron chi connectivity index (χ3n) is 3.17. The van der Waals surface area contributed by atoms with Crippen molar-refractivity contribution in [2.24, 2.45) is 0 Å². The van der Waals surface area contributed by atoms with Crippen LogP contribution in [-0.4, -0.2) is 43.3 Å². The van der Waals surface area contributed by atoms with Crippen LogP contribution in [0.2, 0.25) is 5.02 Å². The minimum absolute atomic E-state index is 0.0280. The molecule has 0 unspecified atom stereocenters. The standard InChI is InChI=1S/C16H17ClN6O2/c1-23(2)16-21-14(20-15(19)22-16)10(8-18)5-9-6-11(17)13(25-4)12(7-9)24-3/h5-7H,1-4H3,(H2,19,20,21,22)/b10-5+. The largest absolute Gasteiger partial charge is 0.493 e. The number of nitrogen functional groups attached to an aromatic ring is 1. The van der Waals surface area contributed by atoms with Gasteiger partial charge < -0.3 is 20.1 Å². The highest BCUT2D eigenvalue weighted by molar-refractivity contribution is 6.32. The number of hydrogen-bond donors (Lipinski definition) is 1. The molecular formula is C16H17ClN6O2. The third kappa shape index (κ3) is 4.08. The SMILES string of the molecule is COc1cc(/C=C(\C#N)c2nc(N)nc(N(C)C)n2)cc(Cl)c1OC. The van der Waals surface area contributed by atoms with Crippen LogP contribution in [0.15, 0.2) is 12.1 Å². The molecule has 0 aliphatic heterocycles. The number of methoxy groups -OCH3 is 2. The Hall–Kier alpha value is -3.05. The zero-order valence-electron chi connectivity index (χ0n) is 14.2. The molecule has 0 bridgehead atoms. The number of halogens is 1. The minimum atomic E-state index is 0.0280. The van der Waals surface area contributed by atoms with Gasteiger partial charge in [0.15, 0.2) is 17.3 Å². The van der Waals surface area contributed by atoms with Crippen molar-refractivity contribution in [1.82, 2.24) is 15.0 Å². The van der Waals surface area contributed by atoms with E-state index in [-0.39, 0.29) is 17.3 Å². The molecule has 25 heavy (non-hydrogen) atoms. The molecule has 0 amide bonds. The van der Waals surface area contributed by atoms with E-state index >= 15 is 0 Å². The molecule has 1 aromatic heterocycles. The second-order valence-electron chi connectivity index (χ2n) is 5.12. The number of rotatable bonds is 5. The summed E-state index contributed by atoms with van der Waals surface area (Å²) in [5.41, 5.74) is 6.55. The van der Waals surface area contributed by atoms with Crippen molar-refractivity contribution in [3.05, 3.63) is 28.5 Å². The Morgan fingerprint density at radius 3 is 2.52 bits per heavy atom. The molecule has 0 aliphatic carbocycles. The van der Waals surface area contributed by atoms with Crippen molar-refractivity contribution in [3.63, 3.8) is 0 Å². The number of nitrogens with zero attached hydrogens (tertiary/aromatic N) is 5. The quantitative estimate of drug-likeness (QED) is 0.808. The average molecular weight is 361 g/mol. The van der Waals surface area contributed by atoms with Gasteiger partial charge in [0.05, 0.1) is 24.8 Å². The molecule has 0 spiro atoms. The molecule has 2 N–H and O–H groups in total. The fourth-order valence-electron chi connectivity index (χ4n) is 2.04. The predicted molar refractivity (Wildman–Crippen MR) is 96.6 cm³/mol. The molecule has 0 aliphatic rings. The zero-order chi connectivity index (χ0) is 18.6. The van der Waals surface area contributed by atoms with Crippen LogP contribution < -0.4 is 20.1 Å². The van der Waals surface area contributed by atoms with Gasteiger partial charge in [0.2, 0.25) is 11.9 Å². The zero-order valence-corrected chi connectivity index (χ0v) is 15.0. The van der Waals surface area contributed by atoms with Gasteiger partial charge in [-0.2, -0.15) is 20.2 Å². The molecule has 0 saturated carbocycles. The van der Waals surface area contributed by atoms with Gasteiger partial charge in [0, 0.05) is 14.1 Å². The maximum Gasteiger partial charge on any atom is 0.230 e. The molecule has 8 nitrogen and oxygen atoms in total. The molecular weight excluding hydrogens is 344 g/mol. The van der Waals surface area contributed by atoms with Crippen molar-refractivity contribution in [1.29, 1.82) is 5.26 Å². The Labute approximate surface area is 150 Å². The van der Waals surface area contributed by atoms with Crippen LogP contribution in [0.4, 0.5) is 11.9 Å². The minimum Gasteiger partial charge on any atom is -0.493 e. The number of hydrogen-bond acceptors (Lipinski definition) is 8. The van der Waals surface area contributed by atoms with Crippen molar-refractivity contribution in [3.8, 4) is 17.6 Å². The second-order valence-corrected chi connectivity index (χ2v) is 5.53. The molecule has 1 aromatic carbocycles. The van der Waals surface area contributed by atoms with E-state index in [1.54, 1.807) is 37.2 Å². The normalized spacial score (nSPS) is 11.0. The van der Waals surface area contributed by atoms with E-state index in [0.29, 0.717) is 28.0 Å². The highest BCUT2D eigenvalue weighted by Crippen LogP contribution is 2.36. The van der Waals surface area contributed by atoms with Gasteiger partial charge in [-0.3, -0.25) is 0 Å². The summed E-state index contributed by atoms with van der Waals surface area (Å²) in [6.45, 7) is 0. The van der Waals surface area contributed by atoms with E-state index in [0.717, 1.165) is 0 Å². The molecule has 0 saturated heterocycles. The van der Waals surface area contributed by atoms with Gasteiger partial charge in [0.25, 0.3) is 0 Å². The summed E-state index contributed by atoms with van der Waals surface area (Å²) < 4.78 is 10.5. The lowest BCUT2D eigenvalue weighted by Crippen LogP contribution is -2.15. The van der Waals surface area contributed by atoms with E-state index in [9.17, 15) is 5.26 Å². The van der Waals surface area contributed by atoms with E-state index < -0.39 is 0 Å². The van der Waals surface area contributed by atoms with Gasteiger partial charge in [-0.05, 0) is 23.8 Å². The Bertz CT molecular complexity index is 860. The lowest BCUT2D eigenvalue weighted by molar-refractivity contribution is 0.355. The molecule has 1 heterocycles. The first-order valence-electron chi connectivity index (χ1n) is 7.12. The van der Waals surface area contributed by atoms with E-state index in [2.05, 4.69) is 21.0 Å². The van der Waals surface area contributed by atoms with E-state index in [4.69, 9.17) is 26.8 Å². The van der Waals surface area contributed by atoms with Crippen LogP contribution in [0.1, 0.15) is 11.4 Å². The Morgan fingerprint density at radius 1 is 1.24 bits per heavy atom. The first-order chi connectivity index (χ1) is 11.9. The van der Waals surface area contributed by atoms with Crippen molar-refractivity contribution < 1.29 is 9.47 Å². The van der Waals surface area contributed by atoms with E-state index in [1.807, 2.05) is 0 Å². The summed E-state index contributed by atoms with van der Waals surface area (Å²) in [6, 6.07) is 5.41. The third-order valence-corrected chi connectivity index (χ3v) is 3.45. The smallest absolute Gasteiger partial charge is 0.230 e. The number of nitriles is 1. The summed E-state index contributed by atoms with van der Waals surface area (Å²) in [5.74, 6) is 1.42. The summed E-state index contributed by atoms with van der Waals surface area (Å²) in [5, 5.41) is 9.85. The monoisotopic (exact) mass is 360 g/mol. The number of benzene rings is 1. The lowest BCUT2D eigenvalue weighted by atomic mass is 10.1. The molecule has 0 radical (unpaired) electrons.